The SMILES string of the molecule is CCc1[nH]nc(C(=O)Nc2cnn(CC)c2)c1N. The first-order valence-corrected chi connectivity index (χ1v) is 5.82. The average molecular weight is 248 g/mol. The lowest BCUT2D eigenvalue weighted by Gasteiger charge is -2.00. The molecule has 0 bridgehead atoms. The Bertz CT molecular complexity index is 556. The van der Waals surface area contributed by atoms with Crippen molar-refractivity contribution in [3.8, 4) is 0 Å². The number of nitrogens with one attached hydrogen (secondary N) is 2. The molecule has 0 aliphatic carbocycles. The standard InChI is InChI=1S/C11H16N6O/c1-3-8-9(12)10(16-15-8)11(18)14-7-5-13-17(4-2)6-7/h5-6H,3-4,12H2,1-2H3,(H,14,18)(H,15,16). The lowest BCUT2D eigenvalue weighted by Crippen LogP contribution is -2.14. The zero-order valence-electron chi connectivity index (χ0n) is 10.4. The van der Waals surface area contributed by atoms with Gasteiger partial charge < -0.3 is 11.1 Å². The minimum Gasteiger partial charge on any atom is -0.395 e. The summed E-state index contributed by atoms with van der Waals surface area (Å²) < 4.78 is 1.72. The van der Waals surface area contributed by atoms with Gasteiger partial charge in [-0.05, 0) is 13.3 Å². The van der Waals surface area contributed by atoms with E-state index in [-0.39, 0.29) is 11.6 Å². The monoisotopic (exact) mass is 248 g/mol. The highest BCUT2D eigenvalue weighted by atomic mass is 16.2. The zero-order valence-corrected chi connectivity index (χ0v) is 10.4. The second-order valence-corrected chi connectivity index (χ2v) is 3.86. The van der Waals surface area contributed by atoms with Crippen molar-refractivity contribution < 1.29 is 4.79 Å². The van der Waals surface area contributed by atoms with Crippen molar-refractivity contribution in [1.82, 2.24) is 20.0 Å². The number of amides is 1. The van der Waals surface area contributed by atoms with Gasteiger partial charge >= 0.3 is 0 Å². The molecule has 0 aromatic carbocycles. The Hall–Kier alpha value is -2.31. The molecular weight excluding hydrogens is 232 g/mol. The van der Waals surface area contributed by atoms with E-state index < -0.39 is 0 Å². The highest BCUT2D eigenvalue weighted by Gasteiger charge is 2.16. The van der Waals surface area contributed by atoms with Gasteiger partial charge in [0.2, 0.25) is 0 Å². The zero-order chi connectivity index (χ0) is 13.1. The highest BCUT2D eigenvalue weighted by Crippen LogP contribution is 2.16. The number of nitrogens with zero attached hydrogens (tertiary/aromatic N) is 3. The fraction of sp³-hybridized carbons (Fsp3) is 0.364. The molecule has 18 heavy (non-hydrogen) atoms. The van der Waals surface area contributed by atoms with Crippen molar-refractivity contribution >= 4 is 17.3 Å². The van der Waals surface area contributed by atoms with Crippen LogP contribution in [-0.2, 0) is 13.0 Å². The summed E-state index contributed by atoms with van der Waals surface area (Å²) in [6.45, 7) is 4.66. The third kappa shape index (κ3) is 2.20. The van der Waals surface area contributed by atoms with Crippen LogP contribution in [0.1, 0.15) is 30.0 Å². The van der Waals surface area contributed by atoms with Crippen LogP contribution in [0.5, 0.6) is 0 Å². The summed E-state index contributed by atoms with van der Waals surface area (Å²) in [5.74, 6) is -0.334. The minimum atomic E-state index is -0.334. The highest BCUT2D eigenvalue weighted by molar-refractivity contribution is 6.06. The van der Waals surface area contributed by atoms with Crippen molar-refractivity contribution in [3.63, 3.8) is 0 Å². The number of H-pyrrole nitrogens is 1. The first-order valence-electron chi connectivity index (χ1n) is 5.82. The Balaban J connectivity index is 2.14. The molecule has 0 aliphatic heterocycles. The van der Waals surface area contributed by atoms with Gasteiger partial charge in [-0.2, -0.15) is 10.2 Å². The van der Waals surface area contributed by atoms with Crippen LogP contribution in [0.3, 0.4) is 0 Å². The van der Waals surface area contributed by atoms with E-state index >= 15 is 0 Å². The lowest BCUT2D eigenvalue weighted by molar-refractivity contribution is 0.102. The first-order chi connectivity index (χ1) is 8.65. The molecule has 96 valence electrons. The van der Waals surface area contributed by atoms with Gasteiger partial charge in [0.05, 0.1) is 23.3 Å². The summed E-state index contributed by atoms with van der Waals surface area (Å²) in [5, 5.41) is 13.4. The Labute approximate surface area is 104 Å². The molecule has 2 rings (SSSR count). The Morgan fingerprint density at radius 3 is 2.89 bits per heavy atom. The van der Waals surface area contributed by atoms with Crippen LogP contribution in [0.2, 0.25) is 0 Å². The summed E-state index contributed by atoms with van der Waals surface area (Å²) in [6, 6.07) is 0. The molecule has 7 nitrogen and oxygen atoms in total. The van der Waals surface area contributed by atoms with Crippen molar-refractivity contribution in [2.24, 2.45) is 0 Å². The van der Waals surface area contributed by atoms with Crippen molar-refractivity contribution in [2.75, 3.05) is 11.1 Å². The van der Waals surface area contributed by atoms with Gasteiger partial charge in [-0.15, -0.1) is 0 Å². The summed E-state index contributed by atoms with van der Waals surface area (Å²) in [5.41, 5.74) is 7.84. The lowest BCUT2D eigenvalue weighted by atomic mass is 10.2. The van der Waals surface area contributed by atoms with Gasteiger partial charge in [0.25, 0.3) is 5.91 Å². The summed E-state index contributed by atoms with van der Waals surface area (Å²) in [4.78, 5) is 12.0. The fourth-order valence-corrected chi connectivity index (χ4v) is 1.62. The molecular formula is C11H16N6O. The van der Waals surface area contributed by atoms with E-state index in [4.69, 9.17) is 5.73 Å². The number of aryl methyl sites for hydroxylation is 2. The molecule has 2 aromatic rings. The molecule has 2 heterocycles. The fourth-order valence-electron chi connectivity index (χ4n) is 1.62. The van der Waals surface area contributed by atoms with E-state index in [1.54, 1.807) is 17.1 Å². The maximum atomic E-state index is 12.0. The number of hydrogen-bond donors (Lipinski definition) is 3. The van der Waals surface area contributed by atoms with Gasteiger partial charge in [0.15, 0.2) is 5.69 Å². The number of hydrogen-bond acceptors (Lipinski definition) is 4. The number of aromatic amines is 1. The average Bonchev–Trinajstić information content (AvgIpc) is 2.95. The van der Waals surface area contributed by atoms with E-state index in [0.717, 1.165) is 12.2 Å². The van der Waals surface area contributed by atoms with Gasteiger partial charge in [-0.25, -0.2) is 0 Å². The molecule has 4 N–H and O–H groups in total. The minimum absolute atomic E-state index is 0.219. The van der Waals surface area contributed by atoms with Crippen molar-refractivity contribution in [3.05, 3.63) is 23.8 Å². The smallest absolute Gasteiger partial charge is 0.278 e. The number of rotatable bonds is 4. The molecule has 0 fully saturated rings. The molecule has 0 saturated heterocycles. The summed E-state index contributed by atoms with van der Waals surface area (Å²) in [6.07, 6.45) is 4.05. The molecule has 0 spiro atoms. The second kappa shape index (κ2) is 4.91. The van der Waals surface area contributed by atoms with Crippen LogP contribution in [0, 0.1) is 0 Å². The van der Waals surface area contributed by atoms with Crippen LogP contribution >= 0.6 is 0 Å². The quantitative estimate of drug-likeness (QED) is 0.751. The normalized spacial score (nSPS) is 10.6. The van der Waals surface area contributed by atoms with Crippen LogP contribution in [0.15, 0.2) is 12.4 Å². The van der Waals surface area contributed by atoms with E-state index in [1.807, 2.05) is 13.8 Å². The van der Waals surface area contributed by atoms with Crippen LogP contribution in [0.4, 0.5) is 11.4 Å². The van der Waals surface area contributed by atoms with E-state index in [2.05, 4.69) is 20.6 Å². The predicted octanol–water partition coefficient (Wildman–Crippen LogP) is 1.02. The maximum Gasteiger partial charge on any atom is 0.278 e. The van der Waals surface area contributed by atoms with E-state index in [9.17, 15) is 4.79 Å². The third-order valence-electron chi connectivity index (χ3n) is 2.67. The van der Waals surface area contributed by atoms with E-state index in [0.29, 0.717) is 17.8 Å². The number of aromatic nitrogens is 4. The number of carbonyl (C=O) groups excluding carboxylic acids is 1. The summed E-state index contributed by atoms with van der Waals surface area (Å²) >= 11 is 0. The molecule has 2 aromatic heterocycles. The number of anilines is 2. The largest absolute Gasteiger partial charge is 0.395 e. The number of carbonyl (C=O) groups is 1. The Kier molecular flexibility index (Phi) is 3.31. The topological polar surface area (TPSA) is 102 Å². The van der Waals surface area contributed by atoms with Crippen LogP contribution in [0.25, 0.3) is 0 Å². The van der Waals surface area contributed by atoms with Crippen molar-refractivity contribution in [2.45, 2.75) is 26.8 Å². The maximum absolute atomic E-state index is 12.0. The Morgan fingerprint density at radius 2 is 2.33 bits per heavy atom. The first kappa shape index (κ1) is 12.2. The molecule has 0 atom stereocenters. The summed E-state index contributed by atoms with van der Waals surface area (Å²) in [7, 11) is 0. The van der Waals surface area contributed by atoms with Crippen molar-refractivity contribution in [1.29, 1.82) is 0 Å². The van der Waals surface area contributed by atoms with Gasteiger partial charge in [-0.3, -0.25) is 14.6 Å². The van der Waals surface area contributed by atoms with Gasteiger partial charge in [0.1, 0.15) is 0 Å². The predicted molar refractivity (Wildman–Crippen MR) is 68.2 cm³/mol. The molecule has 7 heteroatoms. The molecule has 0 unspecified atom stereocenters. The molecule has 0 radical (unpaired) electrons. The second-order valence-electron chi connectivity index (χ2n) is 3.86. The van der Waals surface area contributed by atoms with E-state index in [1.165, 1.54) is 0 Å². The molecule has 0 aliphatic rings. The molecule has 0 saturated carbocycles. The van der Waals surface area contributed by atoms with Crippen LogP contribution < -0.4 is 11.1 Å². The van der Waals surface area contributed by atoms with Gasteiger partial charge in [-0.1, -0.05) is 6.92 Å². The third-order valence-corrected chi connectivity index (χ3v) is 2.67. The number of nitrogens with two attached hydrogens (primary N) is 1. The Morgan fingerprint density at radius 1 is 1.56 bits per heavy atom. The number of nitrogen functional groups attached to an aromatic ring is 1. The van der Waals surface area contributed by atoms with Crippen LogP contribution in [-0.4, -0.2) is 25.9 Å². The van der Waals surface area contributed by atoms with Gasteiger partial charge in [0, 0.05) is 12.7 Å². The molecule has 1 amide bonds.